The van der Waals surface area contributed by atoms with Gasteiger partial charge in [-0.05, 0) is 6.92 Å². The van der Waals surface area contributed by atoms with Crippen LogP contribution in [0, 0.1) is 19.3 Å². The summed E-state index contributed by atoms with van der Waals surface area (Å²) < 4.78 is 23.9. The molecule has 0 saturated carbocycles. The Balaban J connectivity index is 3.15. The lowest BCUT2D eigenvalue weighted by Crippen LogP contribution is -2.24. The lowest BCUT2D eigenvalue weighted by atomic mass is 10.3. The Bertz CT molecular complexity index is 451. The van der Waals surface area contributed by atoms with E-state index >= 15 is 0 Å². The highest BCUT2D eigenvalue weighted by Crippen LogP contribution is 1.97. The van der Waals surface area contributed by atoms with Crippen LogP contribution in [0.1, 0.15) is 12.2 Å². The van der Waals surface area contributed by atoms with Crippen molar-refractivity contribution in [1.82, 2.24) is 9.97 Å². The Hall–Kier alpha value is -1.63. The minimum Gasteiger partial charge on any atom is -0.342 e. The summed E-state index contributed by atoms with van der Waals surface area (Å²) in [6, 6.07) is 0. The van der Waals surface area contributed by atoms with Crippen molar-refractivity contribution in [3.05, 3.63) is 16.5 Å². The van der Waals surface area contributed by atoms with Gasteiger partial charge >= 0.3 is 0 Å². The van der Waals surface area contributed by atoms with Gasteiger partial charge in [0.25, 0.3) is 0 Å². The van der Waals surface area contributed by atoms with E-state index in [2.05, 4.69) is 15.9 Å². The Kier molecular flexibility index (Phi) is 3.41. The van der Waals surface area contributed by atoms with Crippen molar-refractivity contribution in [2.45, 2.75) is 19.8 Å². The Morgan fingerprint density at radius 3 is 2.93 bits per heavy atom. The van der Waals surface area contributed by atoms with Gasteiger partial charge in [0.1, 0.15) is 5.82 Å². The fourth-order valence-corrected chi connectivity index (χ4v) is 1.08. The summed E-state index contributed by atoms with van der Waals surface area (Å²) in [6.45, 7) is 1.74. The van der Waals surface area contributed by atoms with Crippen LogP contribution in [0.25, 0.3) is 12.2 Å². The Morgan fingerprint density at radius 1 is 1.64 bits per heavy atom. The normalized spacial score (nSPS) is 13.6. The van der Waals surface area contributed by atoms with E-state index < -0.39 is 6.43 Å². The zero-order valence-electron chi connectivity index (χ0n) is 7.72. The van der Waals surface area contributed by atoms with Gasteiger partial charge < -0.3 is 4.98 Å². The summed E-state index contributed by atoms with van der Waals surface area (Å²) in [4.78, 5) is 6.91. The summed E-state index contributed by atoms with van der Waals surface area (Å²) in [5, 5.41) is 1.09. The zero-order valence-corrected chi connectivity index (χ0v) is 7.72. The SMILES string of the molecule is C#C/C=c1/nc(C)[nH]/c1=C/CC(F)F. The van der Waals surface area contributed by atoms with E-state index in [9.17, 15) is 8.78 Å². The molecule has 0 aromatic carbocycles. The molecule has 1 aromatic rings. The van der Waals surface area contributed by atoms with Crippen molar-refractivity contribution in [3.8, 4) is 12.3 Å². The molecule has 0 radical (unpaired) electrons. The second-order valence-corrected chi connectivity index (χ2v) is 2.76. The predicted molar refractivity (Wildman–Crippen MR) is 51.0 cm³/mol. The number of H-pyrrole nitrogens is 1. The number of aryl methyl sites for hydroxylation is 1. The number of aromatic nitrogens is 2. The van der Waals surface area contributed by atoms with Crippen LogP contribution in [0.15, 0.2) is 0 Å². The van der Waals surface area contributed by atoms with E-state index in [0.717, 1.165) is 0 Å². The summed E-state index contributed by atoms with van der Waals surface area (Å²) >= 11 is 0. The number of nitrogens with zero attached hydrogens (tertiary/aromatic N) is 1. The maximum atomic E-state index is 11.9. The molecule has 2 nitrogen and oxygen atoms in total. The first-order chi connectivity index (χ1) is 6.63. The van der Waals surface area contributed by atoms with Gasteiger partial charge in [-0.2, -0.15) is 0 Å². The number of nitrogens with one attached hydrogen (secondary N) is 1. The van der Waals surface area contributed by atoms with Gasteiger partial charge in [0.05, 0.1) is 10.7 Å². The number of halogens is 2. The Morgan fingerprint density at radius 2 is 2.36 bits per heavy atom. The van der Waals surface area contributed by atoms with Crippen LogP contribution >= 0.6 is 0 Å². The quantitative estimate of drug-likeness (QED) is 0.688. The molecule has 1 rings (SSSR count). The molecule has 0 aliphatic heterocycles. The number of aromatic amines is 1. The smallest absolute Gasteiger partial charge is 0.242 e. The van der Waals surface area contributed by atoms with Crippen molar-refractivity contribution >= 4 is 12.2 Å². The predicted octanol–water partition coefficient (Wildman–Crippen LogP) is 0.568. The van der Waals surface area contributed by atoms with Crippen LogP contribution in [-0.4, -0.2) is 16.4 Å². The van der Waals surface area contributed by atoms with Crippen molar-refractivity contribution < 1.29 is 8.78 Å². The molecule has 0 saturated heterocycles. The van der Waals surface area contributed by atoms with E-state index in [1.54, 1.807) is 6.92 Å². The van der Waals surface area contributed by atoms with Crippen LogP contribution in [-0.2, 0) is 0 Å². The molecular weight excluding hydrogens is 186 g/mol. The zero-order chi connectivity index (χ0) is 10.6. The first-order valence-corrected chi connectivity index (χ1v) is 4.10. The largest absolute Gasteiger partial charge is 0.342 e. The standard InChI is InChI=1S/C10H10F2N2/c1-3-4-8-9(5-6-10(11)12)14-7(2)13-8/h1,4-5,10H,6H2,2H3,(H,13,14)/b8-4+,9-5+. The highest BCUT2D eigenvalue weighted by Gasteiger charge is 1.99. The van der Waals surface area contributed by atoms with Crippen LogP contribution in [0.2, 0.25) is 0 Å². The third-order valence-electron chi connectivity index (χ3n) is 1.60. The molecule has 1 aromatic heterocycles. The molecule has 0 spiro atoms. The Labute approximate surface area is 80.4 Å². The van der Waals surface area contributed by atoms with Gasteiger partial charge in [0.15, 0.2) is 0 Å². The van der Waals surface area contributed by atoms with Crippen molar-refractivity contribution in [2.24, 2.45) is 0 Å². The summed E-state index contributed by atoms with van der Waals surface area (Å²) in [6.07, 6.45) is 5.27. The molecule has 0 fully saturated rings. The van der Waals surface area contributed by atoms with Gasteiger partial charge in [-0.3, -0.25) is 0 Å². The number of hydrogen-bond acceptors (Lipinski definition) is 1. The van der Waals surface area contributed by atoms with Crippen molar-refractivity contribution in [3.63, 3.8) is 0 Å². The van der Waals surface area contributed by atoms with E-state index in [-0.39, 0.29) is 6.42 Å². The average molecular weight is 196 g/mol. The first-order valence-electron chi connectivity index (χ1n) is 4.10. The third-order valence-corrected chi connectivity index (χ3v) is 1.60. The number of hydrogen-bond donors (Lipinski definition) is 1. The van der Waals surface area contributed by atoms with Gasteiger partial charge in [0.2, 0.25) is 6.43 Å². The topological polar surface area (TPSA) is 28.7 Å². The molecular formula is C10H10F2N2. The highest BCUT2D eigenvalue weighted by molar-refractivity contribution is 5.41. The molecule has 74 valence electrons. The van der Waals surface area contributed by atoms with Crippen LogP contribution < -0.4 is 10.7 Å². The fourth-order valence-electron chi connectivity index (χ4n) is 1.08. The third kappa shape index (κ3) is 2.70. The van der Waals surface area contributed by atoms with Crippen molar-refractivity contribution in [1.29, 1.82) is 0 Å². The minimum absolute atomic E-state index is 0.299. The lowest BCUT2D eigenvalue weighted by Gasteiger charge is -1.87. The molecule has 0 aliphatic rings. The molecule has 0 bridgehead atoms. The van der Waals surface area contributed by atoms with Gasteiger partial charge in [-0.25, -0.2) is 13.8 Å². The highest BCUT2D eigenvalue weighted by atomic mass is 19.3. The summed E-state index contributed by atoms with van der Waals surface area (Å²) in [5.41, 5.74) is 0. The number of terminal acetylenes is 1. The molecule has 0 aliphatic carbocycles. The number of rotatable bonds is 2. The van der Waals surface area contributed by atoms with Crippen LogP contribution in [0.3, 0.4) is 0 Å². The average Bonchev–Trinajstić information content (AvgIpc) is 2.44. The van der Waals surface area contributed by atoms with Gasteiger partial charge in [-0.15, -0.1) is 6.42 Å². The molecule has 0 unspecified atom stereocenters. The minimum atomic E-state index is -2.35. The van der Waals surface area contributed by atoms with Gasteiger partial charge in [0, 0.05) is 12.5 Å². The molecule has 0 atom stereocenters. The molecule has 14 heavy (non-hydrogen) atoms. The van der Waals surface area contributed by atoms with Gasteiger partial charge in [-0.1, -0.05) is 12.0 Å². The molecule has 1 heterocycles. The summed E-state index contributed by atoms with van der Waals surface area (Å²) in [7, 11) is 0. The van der Waals surface area contributed by atoms with E-state index in [1.807, 2.05) is 0 Å². The summed E-state index contributed by atoms with van der Waals surface area (Å²) in [5.74, 6) is 2.97. The molecule has 0 amide bonds. The van der Waals surface area contributed by atoms with E-state index in [0.29, 0.717) is 16.5 Å². The second-order valence-electron chi connectivity index (χ2n) is 2.76. The fraction of sp³-hybridized carbons (Fsp3) is 0.300. The van der Waals surface area contributed by atoms with E-state index in [1.165, 1.54) is 12.2 Å². The second kappa shape index (κ2) is 4.56. The first kappa shape index (κ1) is 10.5. The lowest BCUT2D eigenvalue weighted by molar-refractivity contribution is 0.156. The van der Waals surface area contributed by atoms with Crippen molar-refractivity contribution in [2.75, 3.05) is 0 Å². The van der Waals surface area contributed by atoms with Crippen LogP contribution in [0.5, 0.6) is 0 Å². The number of alkyl halides is 2. The maximum absolute atomic E-state index is 11.9. The number of imidazole rings is 1. The van der Waals surface area contributed by atoms with E-state index in [4.69, 9.17) is 6.42 Å². The maximum Gasteiger partial charge on any atom is 0.242 e. The molecule has 1 N–H and O–H groups in total. The van der Waals surface area contributed by atoms with Crippen LogP contribution in [0.4, 0.5) is 8.78 Å². The molecule has 4 heteroatoms. The monoisotopic (exact) mass is 196 g/mol.